The van der Waals surface area contributed by atoms with Crippen molar-refractivity contribution in [2.24, 2.45) is 0 Å². The molecule has 198 valence electrons. The molecule has 0 spiro atoms. The van der Waals surface area contributed by atoms with E-state index in [0.29, 0.717) is 25.1 Å². The van der Waals surface area contributed by atoms with Gasteiger partial charge in [-0.2, -0.15) is 0 Å². The predicted octanol–water partition coefficient (Wildman–Crippen LogP) is 7.21. The molecule has 0 saturated carbocycles. The van der Waals surface area contributed by atoms with Crippen LogP contribution in [0.1, 0.15) is 51.9 Å². The highest BCUT2D eigenvalue weighted by atomic mass is 16.5. The summed E-state index contributed by atoms with van der Waals surface area (Å²) in [7, 11) is 1.48. The molecule has 0 aromatic heterocycles. The van der Waals surface area contributed by atoms with Crippen molar-refractivity contribution < 1.29 is 9.53 Å². The van der Waals surface area contributed by atoms with Crippen molar-refractivity contribution in [3.8, 4) is 0 Å². The smallest absolute Gasteiger partial charge is 0.337 e. The van der Waals surface area contributed by atoms with Gasteiger partial charge < -0.3 is 10.1 Å². The molecule has 0 unspecified atom stereocenters. The fraction of sp³-hybridized carbons (Fsp3) is 0.229. The highest BCUT2D eigenvalue weighted by molar-refractivity contribution is 5.91. The lowest BCUT2D eigenvalue weighted by atomic mass is 9.84. The molecule has 4 aromatic carbocycles. The molecular formula is C35H36N2O2. The van der Waals surface area contributed by atoms with Gasteiger partial charge in [0.05, 0.1) is 18.7 Å². The molecular weight excluding hydrogens is 480 g/mol. The summed E-state index contributed by atoms with van der Waals surface area (Å²) in [6.07, 6.45) is 0.676. The number of methoxy groups -OCH3 is 1. The van der Waals surface area contributed by atoms with Gasteiger partial charge >= 0.3 is 5.97 Å². The number of benzene rings is 4. The maximum absolute atomic E-state index is 13.6. The summed E-state index contributed by atoms with van der Waals surface area (Å²) in [5.74, 6) is -0.295. The minimum absolute atomic E-state index is 0.0591. The van der Waals surface area contributed by atoms with Gasteiger partial charge in [-0.25, -0.2) is 4.79 Å². The zero-order valence-corrected chi connectivity index (χ0v) is 22.9. The number of hydrogen-bond acceptors (Lipinski definition) is 4. The molecule has 39 heavy (non-hydrogen) atoms. The quantitative estimate of drug-likeness (QED) is 0.251. The Bertz CT molecular complexity index is 1410. The van der Waals surface area contributed by atoms with Crippen LogP contribution >= 0.6 is 0 Å². The average Bonchev–Trinajstić information content (AvgIpc) is 2.98. The Balaban J connectivity index is 1.67. The minimum atomic E-state index is -0.295. The molecule has 0 saturated heterocycles. The van der Waals surface area contributed by atoms with E-state index in [9.17, 15) is 4.79 Å². The fourth-order valence-electron chi connectivity index (χ4n) is 5.45. The summed E-state index contributed by atoms with van der Waals surface area (Å²) < 4.78 is 5.44. The average molecular weight is 517 g/mol. The minimum Gasteiger partial charge on any atom is -0.466 e. The Morgan fingerprint density at radius 1 is 0.769 bits per heavy atom. The number of hydrogen-bond donors (Lipinski definition) is 1. The second-order valence-electron chi connectivity index (χ2n) is 10.3. The lowest BCUT2D eigenvalue weighted by Gasteiger charge is -2.44. The van der Waals surface area contributed by atoms with Crippen LogP contribution in [0.4, 0.5) is 0 Å². The first-order valence-electron chi connectivity index (χ1n) is 13.6. The topological polar surface area (TPSA) is 41.6 Å². The zero-order chi connectivity index (χ0) is 27.2. The largest absolute Gasteiger partial charge is 0.466 e. The molecule has 4 aromatic rings. The van der Waals surface area contributed by atoms with Gasteiger partial charge in [-0.1, -0.05) is 120 Å². The van der Waals surface area contributed by atoms with Crippen LogP contribution < -0.4 is 5.32 Å². The molecule has 4 nitrogen and oxygen atoms in total. The van der Waals surface area contributed by atoms with E-state index in [1.54, 1.807) is 0 Å². The van der Waals surface area contributed by atoms with Gasteiger partial charge in [-0.05, 0) is 36.1 Å². The van der Waals surface area contributed by atoms with Crippen LogP contribution in [0.15, 0.2) is 120 Å². The number of carbonyl (C=O) groups excluding carboxylic acids is 1. The number of ether oxygens (including phenoxy) is 1. The second kappa shape index (κ2) is 12.1. The second-order valence-corrected chi connectivity index (χ2v) is 10.3. The molecule has 1 N–H and O–H groups in total. The molecule has 4 heteroatoms. The molecule has 0 fully saturated rings. The Morgan fingerprint density at radius 3 is 1.87 bits per heavy atom. The van der Waals surface area contributed by atoms with Crippen LogP contribution in [-0.2, 0) is 22.6 Å². The molecule has 5 rings (SSSR count). The molecule has 1 aliphatic heterocycles. The van der Waals surface area contributed by atoms with Crippen molar-refractivity contribution in [3.05, 3.63) is 154 Å². The van der Waals surface area contributed by atoms with Crippen LogP contribution in [0.25, 0.3) is 0 Å². The first kappa shape index (κ1) is 26.5. The number of nitrogens with one attached hydrogen (secondary N) is 1. The molecule has 1 aliphatic rings. The highest BCUT2D eigenvalue weighted by Crippen LogP contribution is 2.45. The van der Waals surface area contributed by atoms with Gasteiger partial charge in [0, 0.05) is 31.2 Å². The third-order valence-electron chi connectivity index (χ3n) is 7.55. The molecule has 2 atom stereocenters. The van der Waals surface area contributed by atoms with Crippen molar-refractivity contribution in [3.63, 3.8) is 0 Å². The van der Waals surface area contributed by atoms with Gasteiger partial charge in [0.1, 0.15) is 0 Å². The summed E-state index contributed by atoms with van der Waals surface area (Å²) in [5, 5.41) is 3.66. The zero-order valence-electron chi connectivity index (χ0n) is 22.9. The first-order chi connectivity index (χ1) is 19.0. The Kier molecular flexibility index (Phi) is 8.24. The van der Waals surface area contributed by atoms with Gasteiger partial charge in [-0.3, -0.25) is 4.90 Å². The number of nitrogens with zero attached hydrogens (tertiary/aromatic N) is 1. The predicted molar refractivity (Wildman–Crippen MR) is 157 cm³/mol. The van der Waals surface area contributed by atoms with Crippen molar-refractivity contribution >= 4 is 5.97 Å². The standard InChI is InChI=1S/C35H36N2O2/c1-25-14-18-29(19-15-25)32-22-31(36-23-27-10-6-4-7-11-27)33(35(38)39-3)34(30-20-16-26(2)17-21-30)37(32)24-28-12-8-5-9-13-28/h4-21,32,34,36H,22-24H2,1-3H3/t32-,34+/m0/s1. The van der Waals surface area contributed by atoms with Gasteiger partial charge in [-0.15, -0.1) is 0 Å². The fourth-order valence-corrected chi connectivity index (χ4v) is 5.45. The van der Waals surface area contributed by atoms with Crippen molar-refractivity contribution in [2.45, 2.75) is 45.4 Å². The maximum Gasteiger partial charge on any atom is 0.337 e. The summed E-state index contributed by atoms with van der Waals surface area (Å²) in [6, 6.07) is 37.9. The maximum atomic E-state index is 13.6. The number of rotatable bonds is 8. The Hall–Kier alpha value is -4.15. The van der Waals surface area contributed by atoms with Gasteiger partial charge in [0.15, 0.2) is 0 Å². The number of carbonyl (C=O) groups is 1. The van der Waals surface area contributed by atoms with Crippen LogP contribution in [-0.4, -0.2) is 18.0 Å². The Morgan fingerprint density at radius 2 is 1.31 bits per heavy atom. The lowest BCUT2D eigenvalue weighted by molar-refractivity contribution is -0.137. The van der Waals surface area contributed by atoms with Gasteiger partial charge in [0.2, 0.25) is 0 Å². The van der Waals surface area contributed by atoms with Crippen molar-refractivity contribution in [1.82, 2.24) is 10.2 Å². The summed E-state index contributed by atoms with van der Waals surface area (Å²) in [4.78, 5) is 16.0. The monoisotopic (exact) mass is 516 g/mol. The summed E-state index contributed by atoms with van der Waals surface area (Å²) >= 11 is 0. The van der Waals surface area contributed by atoms with E-state index < -0.39 is 0 Å². The molecule has 0 aliphatic carbocycles. The number of aryl methyl sites for hydroxylation is 2. The van der Waals surface area contributed by atoms with E-state index in [2.05, 4.69) is 109 Å². The van der Waals surface area contributed by atoms with E-state index >= 15 is 0 Å². The van der Waals surface area contributed by atoms with Crippen molar-refractivity contribution in [1.29, 1.82) is 0 Å². The molecule has 0 radical (unpaired) electrons. The highest BCUT2D eigenvalue weighted by Gasteiger charge is 2.41. The molecule has 0 amide bonds. The number of esters is 1. The van der Waals surface area contributed by atoms with Crippen LogP contribution in [0.3, 0.4) is 0 Å². The third-order valence-corrected chi connectivity index (χ3v) is 7.55. The van der Waals surface area contributed by atoms with Crippen molar-refractivity contribution in [2.75, 3.05) is 7.11 Å². The summed E-state index contributed by atoms with van der Waals surface area (Å²) in [5.41, 5.74) is 8.71. The molecule has 1 heterocycles. The summed E-state index contributed by atoms with van der Waals surface area (Å²) in [6.45, 7) is 5.54. The van der Waals surface area contributed by atoms with E-state index in [0.717, 1.165) is 11.3 Å². The van der Waals surface area contributed by atoms with Crippen LogP contribution in [0.5, 0.6) is 0 Å². The van der Waals surface area contributed by atoms with Gasteiger partial charge in [0.25, 0.3) is 0 Å². The van der Waals surface area contributed by atoms with Crippen LogP contribution in [0, 0.1) is 13.8 Å². The van der Waals surface area contributed by atoms with Crippen LogP contribution in [0.2, 0.25) is 0 Å². The lowest BCUT2D eigenvalue weighted by Crippen LogP contribution is -2.42. The van der Waals surface area contributed by atoms with E-state index in [4.69, 9.17) is 4.74 Å². The molecule has 0 bridgehead atoms. The normalized spacial score (nSPS) is 17.6. The Labute approximate surface area is 232 Å². The SMILES string of the molecule is COC(=O)C1=C(NCc2ccccc2)C[C@@H](c2ccc(C)cc2)N(Cc2ccccc2)[C@@H]1c1ccc(C)cc1. The third kappa shape index (κ3) is 6.13. The van der Waals surface area contributed by atoms with E-state index in [1.807, 2.05) is 24.3 Å². The van der Waals surface area contributed by atoms with E-state index in [1.165, 1.54) is 34.9 Å². The van der Waals surface area contributed by atoms with E-state index in [-0.39, 0.29) is 18.1 Å². The first-order valence-corrected chi connectivity index (χ1v) is 13.6.